The average Bonchev–Trinajstić information content (AvgIpc) is 2.25. The molecule has 0 aliphatic heterocycles. The van der Waals surface area contributed by atoms with Gasteiger partial charge >= 0.3 is 0 Å². The zero-order valence-electron chi connectivity index (χ0n) is 8.75. The highest BCUT2D eigenvalue weighted by atomic mass is 19.1. The maximum atomic E-state index is 12.7. The third-order valence-electron chi connectivity index (χ3n) is 2.03. The van der Waals surface area contributed by atoms with E-state index in [9.17, 15) is 9.18 Å². The summed E-state index contributed by atoms with van der Waals surface area (Å²) < 4.78 is 12.7. The zero-order valence-corrected chi connectivity index (χ0v) is 8.75. The lowest BCUT2D eigenvalue weighted by Gasteiger charge is -2.11. The Morgan fingerprint density at radius 2 is 2.33 bits per heavy atom. The van der Waals surface area contributed by atoms with Crippen molar-refractivity contribution in [1.82, 2.24) is 15.6 Å². The molecule has 5 heteroatoms. The van der Waals surface area contributed by atoms with Crippen molar-refractivity contribution in [2.75, 3.05) is 13.6 Å². The molecule has 0 aliphatic rings. The molecule has 1 aromatic rings. The predicted molar refractivity (Wildman–Crippen MR) is 55.0 cm³/mol. The molecule has 0 bridgehead atoms. The smallest absolute Gasteiger partial charge is 0.253 e. The topological polar surface area (TPSA) is 54.0 Å². The van der Waals surface area contributed by atoms with Gasteiger partial charge in [0.2, 0.25) is 0 Å². The van der Waals surface area contributed by atoms with E-state index in [-0.39, 0.29) is 17.5 Å². The van der Waals surface area contributed by atoms with E-state index < -0.39 is 5.82 Å². The molecule has 1 amide bonds. The Morgan fingerprint density at radius 1 is 1.60 bits per heavy atom. The largest absolute Gasteiger partial charge is 0.350 e. The van der Waals surface area contributed by atoms with E-state index >= 15 is 0 Å². The first-order valence-corrected chi connectivity index (χ1v) is 4.69. The van der Waals surface area contributed by atoms with E-state index in [0.29, 0.717) is 6.54 Å². The molecule has 0 aromatic carbocycles. The highest BCUT2D eigenvalue weighted by molar-refractivity contribution is 5.93. The highest BCUT2D eigenvalue weighted by Gasteiger charge is 2.07. The van der Waals surface area contributed by atoms with Gasteiger partial charge in [-0.05, 0) is 20.0 Å². The number of nitrogens with one attached hydrogen (secondary N) is 2. The molecule has 0 saturated carbocycles. The quantitative estimate of drug-likeness (QED) is 0.765. The van der Waals surface area contributed by atoms with Crippen LogP contribution in [0.5, 0.6) is 0 Å². The molecule has 1 aromatic heterocycles. The van der Waals surface area contributed by atoms with Crippen molar-refractivity contribution in [1.29, 1.82) is 0 Å². The number of likely N-dealkylation sites (N-methyl/N-ethyl adjacent to an activating group) is 1. The van der Waals surface area contributed by atoms with Gasteiger partial charge in [0.25, 0.3) is 5.91 Å². The van der Waals surface area contributed by atoms with Crippen molar-refractivity contribution < 1.29 is 9.18 Å². The van der Waals surface area contributed by atoms with Gasteiger partial charge < -0.3 is 10.6 Å². The summed E-state index contributed by atoms with van der Waals surface area (Å²) in [5.74, 6) is -0.826. The molecule has 0 spiro atoms. The number of carbonyl (C=O) groups is 1. The summed E-state index contributed by atoms with van der Waals surface area (Å²) in [5.41, 5.74) is 0.235. The van der Waals surface area contributed by atoms with Gasteiger partial charge in [-0.2, -0.15) is 0 Å². The number of halogens is 1. The van der Waals surface area contributed by atoms with Gasteiger partial charge in [0.15, 0.2) is 0 Å². The molecule has 0 aliphatic carbocycles. The standard InChI is InChI=1S/C10H14FN3O/c1-7(12-2)4-14-10(15)8-3-9(11)6-13-5-8/h3,5-7,12H,4H2,1-2H3,(H,14,15). The molecule has 15 heavy (non-hydrogen) atoms. The summed E-state index contributed by atoms with van der Waals surface area (Å²) >= 11 is 0. The van der Waals surface area contributed by atoms with Crippen LogP contribution in [0.25, 0.3) is 0 Å². The van der Waals surface area contributed by atoms with E-state index in [1.807, 2.05) is 6.92 Å². The maximum Gasteiger partial charge on any atom is 0.253 e. The molecule has 0 saturated heterocycles. The lowest BCUT2D eigenvalue weighted by molar-refractivity contribution is 0.0949. The Hall–Kier alpha value is -1.49. The van der Waals surface area contributed by atoms with Crippen molar-refractivity contribution in [3.63, 3.8) is 0 Å². The molecule has 1 rings (SSSR count). The molecular formula is C10H14FN3O. The van der Waals surface area contributed by atoms with Crippen molar-refractivity contribution >= 4 is 5.91 Å². The second-order valence-corrected chi connectivity index (χ2v) is 3.29. The fraction of sp³-hybridized carbons (Fsp3) is 0.400. The lowest BCUT2D eigenvalue weighted by atomic mass is 10.2. The van der Waals surface area contributed by atoms with Gasteiger partial charge in [0.1, 0.15) is 5.82 Å². The van der Waals surface area contributed by atoms with Crippen LogP contribution in [0, 0.1) is 5.82 Å². The van der Waals surface area contributed by atoms with Crippen LogP contribution in [0.2, 0.25) is 0 Å². The van der Waals surface area contributed by atoms with E-state index in [1.165, 1.54) is 6.20 Å². The molecule has 1 heterocycles. The molecular weight excluding hydrogens is 197 g/mol. The molecule has 2 N–H and O–H groups in total. The number of hydrogen-bond donors (Lipinski definition) is 2. The molecule has 0 radical (unpaired) electrons. The van der Waals surface area contributed by atoms with Crippen molar-refractivity contribution in [3.05, 3.63) is 29.8 Å². The van der Waals surface area contributed by atoms with Crippen LogP contribution in [-0.4, -0.2) is 30.5 Å². The fourth-order valence-corrected chi connectivity index (χ4v) is 0.986. The van der Waals surface area contributed by atoms with E-state index in [0.717, 1.165) is 12.3 Å². The van der Waals surface area contributed by atoms with Gasteiger partial charge in [-0.3, -0.25) is 9.78 Å². The number of hydrogen-bond acceptors (Lipinski definition) is 3. The third kappa shape index (κ3) is 3.63. The van der Waals surface area contributed by atoms with Crippen molar-refractivity contribution in [2.45, 2.75) is 13.0 Å². The van der Waals surface area contributed by atoms with Crippen molar-refractivity contribution in [3.8, 4) is 0 Å². The van der Waals surface area contributed by atoms with Crippen LogP contribution in [0.4, 0.5) is 4.39 Å². The average molecular weight is 211 g/mol. The van der Waals surface area contributed by atoms with Crippen LogP contribution in [0.15, 0.2) is 18.5 Å². The molecule has 4 nitrogen and oxygen atoms in total. The number of nitrogens with zero attached hydrogens (tertiary/aromatic N) is 1. The van der Waals surface area contributed by atoms with Gasteiger partial charge in [-0.25, -0.2) is 4.39 Å². The Bertz CT molecular complexity index is 343. The molecule has 82 valence electrons. The second kappa shape index (κ2) is 5.41. The Balaban J connectivity index is 2.54. The first-order valence-electron chi connectivity index (χ1n) is 4.69. The predicted octanol–water partition coefficient (Wildman–Crippen LogP) is 0.558. The number of aromatic nitrogens is 1. The highest BCUT2D eigenvalue weighted by Crippen LogP contribution is 2.00. The number of rotatable bonds is 4. The van der Waals surface area contributed by atoms with Gasteiger partial charge in [0.05, 0.1) is 11.8 Å². The number of pyridine rings is 1. The maximum absolute atomic E-state index is 12.7. The van der Waals surface area contributed by atoms with Gasteiger partial charge in [0, 0.05) is 18.8 Å². The van der Waals surface area contributed by atoms with E-state index in [1.54, 1.807) is 7.05 Å². The molecule has 1 unspecified atom stereocenters. The minimum absolute atomic E-state index is 0.176. The minimum Gasteiger partial charge on any atom is -0.350 e. The van der Waals surface area contributed by atoms with Crippen molar-refractivity contribution in [2.24, 2.45) is 0 Å². The number of carbonyl (C=O) groups excluding carboxylic acids is 1. The SMILES string of the molecule is CNC(C)CNC(=O)c1cncc(F)c1. The summed E-state index contributed by atoms with van der Waals surface area (Å²) in [7, 11) is 1.81. The third-order valence-corrected chi connectivity index (χ3v) is 2.03. The first kappa shape index (κ1) is 11.6. The fourth-order valence-electron chi connectivity index (χ4n) is 0.986. The van der Waals surface area contributed by atoms with Gasteiger partial charge in [-0.15, -0.1) is 0 Å². The second-order valence-electron chi connectivity index (χ2n) is 3.29. The lowest BCUT2D eigenvalue weighted by Crippen LogP contribution is -2.37. The first-order chi connectivity index (χ1) is 7.13. The summed E-state index contributed by atoms with van der Waals surface area (Å²) in [6.07, 6.45) is 2.40. The summed E-state index contributed by atoms with van der Waals surface area (Å²) in [6.45, 7) is 2.43. The van der Waals surface area contributed by atoms with Crippen LogP contribution < -0.4 is 10.6 Å². The summed E-state index contributed by atoms with van der Waals surface area (Å²) in [5, 5.41) is 5.65. The van der Waals surface area contributed by atoms with Crippen LogP contribution in [0.3, 0.4) is 0 Å². The van der Waals surface area contributed by atoms with E-state index in [4.69, 9.17) is 0 Å². The van der Waals surface area contributed by atoms with Crippen LogP contribution in [-0.2, 0) is 0 Å². The Morgan fingerprint density at radius 3 is 2.93 bits per heavy atom. The normalized spacial score (nSPS) is 12.2. The number of amides is 1. The minimum atomic E-state index is -0.510. The monoisotopic (exact) mass is 211 g/mol. The Kier molecular flexibility index (Phi) is 4.17. The van der Waals surface area contributed by atoms with E-state index in [2.05, 4.69) is 15.6 Å². The molecule has 0 fully saturated rings. The summed E-state index contributed by atoms with van der Waals surface area (Å²) in [6, 6.07) is 1.34. The van der Waals surface area contributed by atoms with Gasteiger partial charge in [-0.1, -0.05) is 0 Å². The summed E-state index contributed by atoms with van der Waals surface area (Å²) in [4.78, 5) is 15.1. The van der Waals surface area contributed by atoms with Crippen LogP contribution in [0.1, 0.15) is 17.3 Å². The zero-order chi connectivity index (χ0) is 11.3. The Labute approximate surface area is 87.9 Å². The van der Waals surface area contributed by atoms with Crippen LogP contribution >= 0.6 is 0 Å². The molecule has 1 atom stereocenters.